The molecule has 2 aliphatic rings. The first-order valence-electron chi connectivity index (χ1n) is 14.7. The second-order valence-electron chi connectivity index (χ2n) is 12.5. The molecule has 1 saturated heterocycles. The molecule has 1 aliphatic heterocycles. The molecule has 3 nitrogen and oxygen atoms in total. The van der Waals surface area contributed by atoms with Crippen molar-refractivity contribution in [3.8, 4) is 11.1 Å². The molecule has 0 bridgehead atoms. The van der Waals surface area contributed by atoms with E-state index in [2.05, 4.69) is 82.2 Å². The largest absolute Gasteiger partial charge is 0.379 e. The molecule has 38 heavy (non-hydrogen) atoms. The van der Waals surface area contributed by atoms with Crippen LogP contribution in [-0.2, 0) is 9.57 Å². The van der Waals surface area contributed by atoms with Crippen LogP contribution in [0.4, 0.5) is 4.39 Å². The first-order chi connectivity index (χ1) is 18.1. The molecule has 1 aliphatic carbocycles. The van der Waals surface area contributed by atoms with Crippen molar-refractivity contribution in [3.05, 3.63) is 71.6 Å². The maximum atomic E-state index is 15.3. The summed E-state index contributed by atoms with van der Waals surface area (Å²) in [6.45, 7) is 14.7. The third-order valence-corrected chi connectivity index (χ3v) is 8.57. The van der Waals surface area contributed by atoms with Gasteiger partial charge in [-0.25, -0.2) is 4.39 Å². The van der Waals surface area contributed by atoms with Gasteiger partial charge in [0, 0.05) is 23.2 Å². The van der Waals surface area contributed by atoms with E-state index in [4.69, 9.17) is 9.57 Å². The molecular formula is C34H48FNO2. The molecule has 0 spiro atoms. The van der Waals surface area contributed by atoms with Crippen LogP contribution in [0.25, 0.3) is 11.1 Å². The Morgan fingerprint density at radius 3 is 2.11 bits per heavy atom. The van der Waals surface area contributed by atoms with Crippen molar-refractivity contribution in [2.24, 2.45) is 0 Å². The van der Waals surface area contributed by atoms with Crippen LogP contribution < -0.4 is 0 Å². The van der Waals surface area contributed by atoms with E-state index < -0.39 is 0 Å². The predicted octanol–water partition coefficient (Wildman–Crippen LogP) is 9.19. The Morgan fingerprint density at radius 1 is 0.895 bits per heavy atom. The molecule has 4 rings (SSSR count). The van der Waals surface area contributed by atoms with Crippen molar-refractivity contribution in [1.82, 2.24) is 5.06 Å². The number of hydrogen-bond donors (Lipinski definition) is 0. The molecule has 208 valence electrons. The molecule has 0 atom stereocenters. The Morgan fingerprint density at radius 2 is 1.53 bits per heavy atom. The first-order valence-corrected chi connectivity index (χ1v) is 14.7. The van der Waals surface area contributed by atoms with Gasteiger partial charge >= 0.3 is 0 Å². The molecule has 0 N–H and O–H groups in total. The summed E-state index contributed by atoms with van der Waals surface area (Å²) in [6.07, 6.45) is 11.9. The summed E-state index contributed by atoms with van der Waals surface area (Å²) >= 11 is 0. The fraction of sp³-hybridized carbons (Fsp3) is 0.588. The zero-order valence-corrected chi connectivity index (χ0v) is 24.4. The summed E-state index contributed by atoms with van der Waals surface area (Å²) in [4.78, 5) is 6.29. The quantitative estimate of drug-likeness (QED) is 0.242. The summed E-state index contributed by atoms with van der Waals surface area (Å²) < 4.78 is 21.1. The molecular weight excluding hydrogens is 473 g/mol. The van der Waals surface area contributed by atoms with Crippen LogP contribution >= 0.6 is 0 Å². The highest BCUT2D eigenvalue weighted by atomic mass is 19.1. The summed E-state index contributed by atoms with van der Waals surface area (Å²) in [5, 5.41) is 2.23. The Labute approximate surface area is 230 Å². The van der Waals surface area contributed by atoms with Crippen LogP contribution in [0, 0.1) is 5.82 Å². The van der Waals surface area contributed by atoms with Gasteiger partial charge in [-0.15, -0.1) is 0 Å². The van der Waals surface area contributed by atoms with Crippen LogP contribution in [0.15, 0.2) is 54.6 Å². The van der Waals surface area contributed by atoms with Gasteiger partial charge in [-0.3, -0.25) is 4.84 Å². The fourth-order valence-electron chi connectivity index (χ4n) is 6.98. The van der Waals surface area contributed by atoms with Gasteiger partial charge in [0.05, 0.1) is 12.7 Å². The van der Waals surface area contributed by atoms with E-state index in [9.17, 15) is 0 Å². The highest BCUT2D eigenvalue weighted by Crippen LogP contribution is 2.46. The lowest BCUT2D eigenvalue weighted by atomic mass is 9.72. The average molecular weight is 522 g/mol. The number of rotatable bonds is 9. The number of nitrogens with zero attached hydrogens (tertiary/aromatic N) is 1. The van der Waals surface area contributed by atoms with Crippen molar-refractivity contribution in [1.29, 1.82) is 0 Å². The smallest absolute Gasteiger partial charge is 0.131 e. The van der Waals surface area contributed by atoms with Gasteiger partial charge in [0.25, 0.3) is 0 Å². The summed E-state index contributed by atoms with van der Waals surface area (Å²) in [7, 11) is 0. The molecule has 0 amide bonds. The van der Waals surface area contributed by atoms with Crippen LogP contribution in [0.2, 0.25) is 0 Å². The number of hydroxylamine groups is 2. The number of hydrogen-bond acceptors (Lipinski definition) is 3. The Balaban J connectivity index is 1.43. The lowest BCUT2D eigenvalue weighted by molar-refractivity contribution is -0.282. The zero-order valence-electron chi connectivity index (χ0n) is 24.4. The Hall–Kier alpha value is -2.01. The van der Waals surface area contributed by atoms with Crippen LogP contribution in [0.1, 0.15) is 109 Å². The summed E-state index contributed by atoms with van der Waals surface area (Å²) in [5.74, 6) is 0.749. The average Bonchev–Trinajstić information content (AvgIpc) is 2.88. The van der Waals surface area contributed by atoms with E-state index in [-0.39, 0.29) is 16.9 Å². The molecule has 4 heteroatoms. The van der Waals surface area contributed by atoms with Crippen LogP contribution in [0.5, 0.6) is 0 Å². The summed E-state index contributed by atoms with van der Waals surface area (Å²) in [6, 6.07) is 14.5. The minimum Gasteiger partial charge on any atom is -0.379 e. The van der Waals surface area contributed by atoms with E-state index >= 15 is 4.39 Å². The topological polar surface area (TPSA) is 21.7 Å². The van der Waals surface area contributed by atoms with Gasteiger partial charge in [0.2, 0.25) is 0 Å². The van der Waals surface area contributed by atoms with E-state index in [1.54, 1.807) is 6.07 Å². The monoisotopic (exact) mass is 521 g/mol. The van der Waals surface area contributed by atoms with Crippen molar-refractivity contribution in [3.63, 3.8) is 0 Å². The van der Waals surface area contributed by atoms with Crippen LogP contribution in [0.3, 0.4) is 0 Å². The Kier molecular flexibility index (Phi) is 9.49. The lowest BCUT2D eigenvalue weighted by Gasteiger charge is -2.54. The molecule has 0 radical (unpaired) electrons. The van der Waals surface area contributed by atoms with Gasteiger partial charge in [-0.1, -0.05) is 48.6 Å². The minimum absolute atomic E-state index is 0.0786. The molecule has 0 aromatic heterocycles. The maximum absolute atomic E-state index is 15.3. The van der Waals surface area contributed by atoms with Crippen molar-refractivity contribution in [2.75, 3.05) is 13.2 Å². The highest BCUT2D eigenvalue weighted by Gasteiger charge is 2.46. The molecule has 1 heterocycles. The predicted molar refractivity (Wildman–Crippen MR) is 156 cm³/mol. The standard InChI is InChI=1S/C34H48FNO2/c1-7-9-10-21-38-36-33(3,4)23-29(24-34(36,5)6)26-11-13-27(14-12-26)31-20-17-28(22-32(31)35)25-15-18-30(19-16-25)37-8-2/h7,9,11-14,17,20,22,25,29-30H,8,10,15-16,18-19,21,23-24H2,1-6H3/b9-7-. The van der Waals surface area contributed by atoms with Crippen LogP contribution in [-0.4, -0.2) is 35.5 Å². The fourth-order valence-corrected chi connectivity index (χ4v) is 6.98. The van der Waals surface area contributed by atoms with Crippen molar-refractivity contribution in [2.45, 2.75) is 116 Å². The second-order valence-corrected chi connectivity index (χ2v) is 12.5. The van der Waals surface area contributed by atoms with Gasteiger partial charge < -0.3 is 4.74 Å². The van der Waals surface area contributed by atoms with E-state index in [1.807, 2.05) is 13.0 Å². The normalized spacial score (nSPS) is 24.2. The van der Waals surface area contributed by atoms with Gasteiger partial charge in [0.1, 0.15) is 5.82 Å². The number of halogens is 1. The zero-order chi connectivity index (χ0) is 27.3. The lowest BCUT2D eigenvalue weighted by Crippen LogP contribution is -2.59. The molecule has 2 fully saturated rings. The SMILES string of the molecule is C/C=C\CCON1C(C)(C)CC(c2ccc(-c3ccc(C4CCC(OCC)CC4)cc3F)cc2)CC1(C)C. The number of ether oxygens (including phenoxy) is 1. The van der Waals surface area contributed by atoms with Crippen molar-refractivity contribution < 1.29 is 14.0 Å². The molecule has 1 saturated carbocycles. The Bertz CT molecular complexity index is 1050. The third kappa shape index (κ3) is 6.76. The second kappa shape index (κ2) is 12.4. The third-order valence-electron chi connectivity index (χ3n) is 8.57. The molecule has 0 unspecified atom stereocenters. The van der Waals surface area contributed by atoms with E-state index in [0.717, 1.165) is 62.7 Å². The van der Waals surface area contributed by atoms with Gasteiger partial charge in [-0.05, 0) is 121 Å². The minimum atomic E-state index is -0.118. The number of piperidine rings is 1. The van der Waals surface area contributed by atoms with Crippen molar-refractivity contribution >= 4 is 0 Å². The van der Waals surface area contributed by atoms with E-state index in [0.29, 0.717) is 30.1 Å². The maximum Gasteiger partial charge on any atom is 0.131 e. The number of allylic oxidation sites excluding steroid dienone is 1. The van der Waals surface area contributed by atoms with Gasteiger partial charge in [0.15, 0.2) is 0 Å². The van der Waals surface area contributed by atoms with E-state index in [1.165, 1.54) is 5.56 Å². The summed E-state index contributed by atoms with van der Waals surface area (Å²) in [5.41, 5.74) is 3.93. The highest BCUT2D eigenvalue weighted by molar-refractivity contribution is 5.65. The van der Waals surface area contributed by atoms with Gasteiger partial charge in [-0.2, -0.15) is 5.06 Å². The first kappa shape index (κ1) is 29.0. The molecule has 2 aromatic rings. The molecule has 2 aromatic carbocycles. The number of benzene rings is 2.